The molecule has 2 rings (SSSR count). The van der Waals surface area contributed by atoms with E-state index in [0.29, 0.717) is 11.3 Å². The lowest BCUT2D eigenvalue weighted by atomic mass is 10.0. The maximum atomic E-state index is 12.9. The summed E-state index contributed by atoms with van der Waals surface area (Å²) in [6, 6.07) is 3.67. The molecule has 1 aromatic heterocycles. The van der Waals surface area contributed by atoms with Crippen LogP contribution in [-0.4, -0.2) is 17.0 Å². The van der Waals surface area contributed by atoms with Crippen LogP contribution in [0.2, 0.25) is 0 Å². The van der Waals surface area contributed by atoms with Crippen molar-refractivity contribution in [1.82, 2.24) is 15.3 Å². The quantitative estimate of drug-likeness (QED) is 0.924. The predicted molar refractivity (Wildman–Crippen MR) is 72.1 cm³/mol. The normalized spacial score (nSPS) is 13.2. The molecule has 0 aliphatic heterocycles. The van der Waals surface area contributed by atoms with Crippen molar-refractivity contribution in [3.63, 3.8) is 0 Å². The van der Waals surface area contributed by atoms with Crippen LogP contribution in [0.5, 0.6) is 0 Å². The SMILES string of the molecule is CNC(c1ccc(Br)c(C(F)(F)F)c1)c1cnccn1. The third-order valence-electron chi connectivity index (χ3n) is 2.80. The van der Waals surface area contributed by atoms with Gasteiger partial charge in [0.1, 0.15) is 0 Å². The van der Waals surface area contributed by atoms with Crippen LogP contribution >= 0.6 is 15.9 Å². The van der Waals surface area contributed by atoms with E-state index in [9.17, 15) is 13.2 Å². The lowest BCUT2D eigenvalue weighted by Gasteiger charge is -2.18. The second kappa shape index (κ2) is 5.88. The summed E-state index contributed by atoms with van der Waals surface area (Å²) in [6.07, 6.45) is 0.133. The monoisotopic (exact) mass is 345 g/mol. The van der Waals surface area contributed by atoms with Gasteiger partial charge < -0.3 is 5.32 Å². The fraction of sp³-hybridized carbons (Fsp3) is 0.231. The van der Waals surface area contributed by atoms with E-state index < -0.39 is 17.8 Å². The summed E-state index contributed by atoms with van der Waals surface area (Å²) in [4.78, 5) is 8.06. The van der Waals surface area contributed by atoms with Crippen molar-refractivity contribution < 1.29 is 13.2 Å². The first-order valence-electron chi connectivity index (χ1n) is 5.73. The van der Waals surface area contributed by atoms with Crippen molar-refractivity contribution in [3.05, 3.63) is 58.1 Å². The summed E-state index contributed by atoms with van der Waals surface area (Å²) in [5, 5.41) is 2.95. The Morgan fingerprint density at radius 2 is 2.00 bits per heavy atom. The minimum atomic E-state index is -4.41. The summed E-state index contributed by atoms with van der Waals surface area (Å²) in [5.74, 6) is 0. The topological polar surface area (TPSA) is 37.8 Å². The van der Waals surface area contributed by atoms with Gasteiger partial charge in [0.2, 0.25) is 0 Å². The molecule has 0 bridgehead atoms. The summed E-state index contributed by atoms with van der Waals surface area (Å²) < 4.78 is 38.8. The van der Waals surface area contributed by atoms with Crippen LogP contribution in [0.1, 0.15) is 22.9 Å². The van der Waals surface area contributed by atoms with Gasteiger partial charge in [0, 0.05) is 16.9 Å². The number of alkyl halides is 3. The summed E-state index contributed by atoms with van der Waals surface area (Å²) in [7, 11) is 1.66. The first-order chi connectivity index (χ1) is 9.43. The molecule has 20 heavy (non-hydrogen) atoms. The molecule has 1 heterocycles. The maximum absolute atomic E-state index is 12.9. The number of nitrogens with zero attached hydrogens (tertiary/aromatic N) is 2. The standard InChI is InChI=1S/C13H11BrF3N3/c1-18-12(11-7-19-4-5-20-11)8-2-3-10(14)9(6-8)13(15,16)17/h2-7,12,18H,1H3. The van der Waals surface area contributed by atoms with E-state index >= 15 is 0 Å². The second-order valence-corrected chi connectivity index (χ2v) is 4.94. The van der Waals surface area contributed by atoms with Crippen molar-refractivity contribution in [1.29, 1.82) is 0 Å². The molecule has 1 aromatic carbocycles. The molecule has 0 aliphatic rings. The van der Waals surface area contributed by atoms with Gasteiger partial charge in [-0.1, -0.05) is 22.0 Å². The van der Waals surface area contributed by atoms with Crippen molar-refractivity contribution in [3.8, 4) is 0 Å². The highest BCUT2D eigenvalue weighted by Crippen LogP contribution is 2.36. The van der Waals surface area contributed by atoms with E-state index in [4.69, 9.17) is 0 Å². The number of aromatic nitrogens is 2. The van der Waals surface area contributed by atoms with Crippen LogP contribution in [0.4, 0.5) is 13.2 Å². The summed E-state index contributed by atoms with van der Waals surface area (Å²) >= 11 is 2.93. The number of benzene rings is 1. The molecular formula is C13H11BrF3N3. The van der Waals surface area contributed by atoms with Gasteiger partial charge in [-0.15, -0.1) is 0 Å². The van der Waals surface area contributed by atoms with E-state index in [1.165, 1.54) is 24.7 Å². The highest BCUT2D eigenvalue weighted by atomic mass is 79.9. The first kappa shape index (κ1) is 14.9. The van der Waals surface area contributed by atoms with Crippen LogP contribution in [0.3, 0.4) is 0 Å². The van der Waals surface area contributed by atoms with Crippen LogP contribution in [0.15, 0.2) is 41.3 Å². The molecule has 7 heteroatoms. The zero-order chi connectivity index (χ0) is 14.8. The minimum absolute atomic E-state index is 0.0164. The molecule has 1 atom stereocenters. The number of nitrogens with one attached hydrogen (secondary N) is 1. The predicted octanol–water partition coefficient (Wildman–Crippen LogP) is 3.57. The molecule has 0 saturated heterocycles. The van der Waals surface area contributed by atoms with Gasteiger partial charge in [0.25, 0.3) is 0 Å². The average molecular weight is 346 g/mol. The number of rotatable bonds is 3. The Morgan fingerprint density at radius 1 is 1.25 bits per heavy atom. The van der Waals surface area contributed by atoms with Gasteiger partial charge in [-0.3, -0.25) is 9.97 Å². The van der Waals surface area contributed by atoms with E-state index in [2.05, 4.69) is 31.2 Å². The third-order valence-corrected chi connectivity index (χ3v) is 3.49. The number of hydrogen-bond donors (Lipinski definition) is 1. The van der Waals surface area contributed by atoms with Crippen LogP contribution in [0, 0.1) is 0 Å². The van der Waals surface area contributed by atoms with Gasteiger partial charge in [-0.25, -0.2) is 0 Å². The van der Waals surface area contributed by atoms with Crippen molar-refractivity contribution in [2.45, 2.75) is 12.2 Å². The Labute approximate surface area is 122 Å². The van der Waals surface area contributed by atoms with E-state index in [1.54, 1.807) is 13.1 Å². The van der Waals surface area contributed by atoms with E-state index in [1.807, 2.05) is 0 Å². The average Bonchev–Trinajstić information content (AvgIpc) is 2.41. The van der Waals surface area contributed by atoms with E-state index in [0.717, 1.165) is 6.07 Å². The second-order valence-electron chi connectivity index (χ2n) is 4.09. The van der Waals surface area contributed by atoms with Crippen LogP contribution < -0.4 is 5.32 Å². The zero-order valence-electron chi connectivity index (χ0n) is 10.4. The van der Waals surface area contributed by atoms with Gasteiger partial charge in [0.15, 0.2) is 0 Å². The van der Waals surface area contributed by atoms with Gasteiger partial charge in [-0.2, -0.15) is 13.2 Å². The number of halogens is 4. The Morgan fingerprint density at radius 3 is 2.55 bits per heavy atom. The molecule has 3 nitrogen and oxygen atoms in total. The maximum Gasteiger partial charge on any atom is 0.417 e. The third kappa shape index (κ3) is 3.16. The molecule has 0 fully saturated rings. The Hall–Kier alpha value is -1.47. The smallest absolute Gasteiger partial charge is 0.308 e. The molecule has 2 aromatic rings. The molecule has 106 valence electrons. The van der Waals surface area contributed by atoms with Crippen LogP contribution in [-0.2, 0) is 6.18 Å². The largest absolute Gasteiger partial charge is 0.417 e. The van der Waals surface area contributed by atoms with Crippen molar-refractivity contribution in [2.24, 2.45) is 0 Å². The summed E-state index contributed by atoms with van der Waals surface area (Å²) in [5.41, 5.74) is 0.327. The van der Waals surface area contributed by atoms with Crippen molar-refractivity contribution in [2.75, 3.05) is 7.05 Å². The Balaban J connectivity index is 2.46. The van der Waals surface area contributed by atoms with Crippen LogP contribution in [0.25, 0.3) is 0 Å². The lowest BCUT2D eigenvalue weighted by Crippen LogP contribution is -2.20. The van der Waals surface area contributed by atoms with Gasteiger partial charge in [0.05, 0.1) is 23.5 Å². The molecule has 0 radical (unpaired) electrons. The molecule has 0 spiro atoms. The lowest BCUT2D eigenvalue weighted by molar-refractivity contribution is -0.138. The minimum Gasteiger partial charge on any atom is -0.308 e. The summed E-state index contributed by atoms with van der Waals surface area (Å²) in [6.45, 7) is 0. The molecule has 0 amide bonds. The fourth-order valence-corrected chi connectivity index (χ4v) is 2.36. The zero-order valence-corrected chi connectivity index (χ0v) is 12.0. The fourth-order valence-electron chi connectivity index (χ4n) is 1.88. The Kier molecular flexibility index (Phi) is 4.39. The molecule has 1 unspecified atom stereocenters. The van der Waals surface area contributed by atoms with Crippen molar-refractivity contribution >= 4 is 15.9 Å². The molecule has 0 saturated carbocycles. The molecular weight excluding hydrogens is 335 g/mol. The first-order valence-corrected chi connectivity index (χ1v) is 6.52. The number of hydrogen-bond acceptors (Lipinski definition) is 3. The highest BCUT2D eigenvalue weighted by molar-refractivity contribution is 9.10. The molecule has 0 aliphatic carbocycles. The van der Waals surface area contributed by atoms with Gasteiger partial charge in [-0.05, 0) is 24.7 Å². The highest BCUT2D eigenvalue weighted by Gasteiger charge is 2.33. The van der Waals surface area contributed by atoms with E-state index in [-0.39, 0.29) is 4.47 Å². The Bertz CT molecular complexity index is 587. The molecule has 1 N–H and O–H groups in total. The van der Waals surface area contributed by atoms with Gasteiger partial charge >= 0.3 is 6.18 Å².